The third-order valence-corrected chi connectivity index (χ3v) is 6.30. The summed E-state index contributed by atoms with van der Waals surface area (Å²) in [7, 11) is 1.55. The van der Waals surface area contributed by atoms with E-state index in [0.29, 0.717) is 48.8 Å². The van der Waals surface area contributed by atoms with E-state index >= 15 is 0 Å². The molecule has 3 fully saturated rings. The lowest BCUT2D eigenvalue weighted by atomic mass is 9.71. The highest BCUT2D eigenvalue weighted by Gasteiger charge is 2.52. The van der Waals surface area contributed by atoms with Crippen LogP contribution in [0.4, 0.5) is 10.5 Å². The molecule has 28 heavy (non-hydrogen) atoms. The summed E-state index contributed by atoms with van der Waals surface area (Å²) < 4.78 is 10.8. The molecule has 1 aliphatic carbocycles. The molecule has 152 valence electrons. The number of halogens is 1. The summed E-state index contributed by atoms with van der Waals surface area (Å²) in [6.07, 6.45) is 3.68. The number of nitrogens with one attached hydrogen (secondary N) is 2. The molecule has 0 radical (unpaired) electrons. The molecule has 8 heteroatoms. The molecule has 7 nitrogen and oxygen atoms in total. The number of methoxy groups -OCH3 is 1. The van der Waals surface area contributed by atoms with Crippen molar-refractivity contribution in [3.63, 3.8) is 0 Å². The van der Waals surface area contributed by atoms with Crippen LogP contribution in [0.5, 0.6) is 5.75 Å². The predicted octanol–water partition coefficient (Wildman–Crippen LogP) is 2.89. The monoisotopic (exact) mass is 407 g/mol. The normalized spacial score (nSPS) is 23.5. The lowest BCUT2D eigenvalue weighted by Gasteiger charge is -2.37. The minimum absolute atomic E-state index is 0.0695. The van der Waals surface area contributed by atoms with E-state index in [1.165, 1.54) is 0 Å². The fourth-order valence-electron chi connectivity index (χ4n) is 4.27. The average Bonchev–Trinajstić information content (AvgIpc) is 3.42. The number of nitrogens with zero attached hydrogens (tertiary/aromatic N) is 1. The number of likely N-dealkylation sites (tertiary alicyclic amines) is 1. The van der Waals surface area contributed by atoms with Crippen molar-refractivity contribution in [2.45, 2.75) is 31.7 Å². The second kappa shape index (κ2) is 7.79. The van der Waals surface area contributed by atoms with Crippen molar-refractivity contribution >= 4 is 29.2 Å². The van der Waals surface area contributed by atoms with E-state index in [9.17, 15) is 9.59 Å². The van der Waals surface area contributed by atoms with Crippen LogP contribution in [-0.4, -0.2) is 56.3 Å². The van der Waals surface area contributed by atoms with Crippen LogP contribution in [0.3, 0.4) is 0 Å². The molecule has 1 spiro atoms. The summed E-state index contributed by atoms with van der Waals surface area (Å²) in [4.78, 5) is 27.6. The molecule has 1 unspecified atom stereocenters. The van der Waals surface area contributed by atoms with Crippen molar-refractivity contribution in [2.24, 2.45) is 11.3 Å². The maximum Gasteiger partial charge on any atom is 0.321 e. The Morgan fingerprint density at radius 1 is 1.29 bits per heavy atom. The number of carbonyl (C=O) groups is 2. The molecule has 2 N–H and O–H groups in total. The fraction of sp³-hybridized carbons (Fsp3) is 0.600. The van der Waals surface area contributed by atoms with Gasteiger partial charge in [-0.05, 0) is 43.9 Å². The summed E-state index contributed by atoms with van der Waals surface area (Å²) in [6, 6.07) is 5.15. The molecule has 4 rings (SSSR count). The molecule has 2 heterocycles. The fourth-order valence-corrected chi connectivity index (χ4v) is 4.44. The zero-order chi connectivity index (χ0) is 19.7. The minimum atomic E-state index is -0.242. The van der Waals surface area contributed by atoms with E-state index in [4.69, 9.17) is 21.1 Å². The topological polar surface area (TPSA) is 79.9 Å². The first-order valence-electron chi connectivity index (χ1n) is 9.78. The van der Waals surface area contributed by atoms with Crippen LogP contribution in [0, 0.1) is 11.3 Å². The Kier molecular flexibility index (Phi) is 5.38. The van der Waals surface area contributed by atoms with Gasteiger partial charge in [0, 0.05) is 42.8 Å². The number of hydrogen-bond acceptors (Lipinski definition) is 4. The van der Waals surface area contributed by atoms with E-state index in [-0.39, 0.29) is 23.3 Å². The van der Waals surface area contributed by atoms with Gasteiger partial charge in [-0.15, -0.1) is 0 Å². The van der Waals surface area contributed by atoms with E-state index < -0.39 is 0 Å². The summed E-state index contributed by atoms with van der Waals surface area (Å²) in [5.74, 6) is 0.407. The Hall–Kier alpha value is -1.99. The lowest BCUT2D eigenvalue weighted by Crippen LogP contribution is -2.45. The minimum Gasteiger partial charge on any atom is -0.495 e. The number of urea groups is 1. The molecule has 2 aliphatic heterocycles. The lowest BCUT2D eigenvalue weighted by molar-refractivity contribution is -0.130. The van der Waals surface area contributed by atoms with Gasteiger partial charge in [0.25, 0.3) is 0 Å². The van der Waals surface area contributed by atoms with Gasteiger partial charge in [-0.2, -0.15) is 0 Å². The molecular formula is C20H26ClN3O4. The van der Waals surface area contributed by atoms with Crippen molar-refractivity contribution in [2.75, 3.05) is 38.7 Å². The Labute approximate surface area is 169 Å². The maximum atomic E-state index is 13.0. The largest absolute Gasteiger partial charge is 0.495 e. The summed E-state index contributed by atoms with van der Waals surface area (Å²) in [5, 5.41) is 6.53. The number of carbonyl (C=O) groups excluding carboxylic acids is 2. The number of benzene rings is 1. The zero-order valence-corrected chi connectivity index (χ0v) is 16.8. The van der Waals surface area contributed by atoms with E-state index in [0.717, 1.165) is 25.7 Å². The zero-order valence-electron chi connectivity index (χ0n) is 16.0. The first-order valence-corrected chi connectivity index (χ1v) is 10.2. The van der Waals surface area contributed by atoms with Crippen molar-refractivity contribution in [3.05, 3.63) is 23.2 Å². The van der Waals surface area contributed by atoms with Crippen LogP contribution in [0.25, 0.3) is 0 Å². The van der Waals surface area contributed by atoms with Gasteiger partial charge in [0.2, 0.25) is 5.91 Å². The predicted molar refractivity (Wildman–Crippen MR) is 106 cm³/mol. The third-order valence-electron chi connectivity index (χ3n) is 6.07. The van der Waals surface area contributed by atoms with Gasteiger partial charge >= 0.3 is 6.03 Å². The Balaban J connectivity index is 1.50. The van der Waals surface area contributed by atoms with Crippen molar-refractivity contribution in [1.82, 2.24) is 10.2 Å². The van der Waals surface area contributed by atoms with Crippen LogP contribution in [0.1, 0.15) is 25.7 Å². The standard InChI is InChI=1S/C20H26ClN3O4/c1-27-17-5-2-13(21)10-16(17)23-19(26)24-11-15(18(25)22-14-3-4-14)20(12-24)6-8-28-9-7-20/h2,5,10,14-15H,3-4,6-9,11-12H2,1H3,(H,22,25)(H,23,26). The Morgan fingerprint density at radius 3 is 2.71 bits per heavy atom. The first kappa shape index (κ1) is 19.3. The van der Waals surface area contributed by atoms with Gasteiger partial charge in [-0.3, -0.25) is 4.79 Å². The van der Waals surface area contributed by atoms with Crippen LogP contribution in [0.2, 0.25) is 5.02 Å². The first-order chi connectivity index (χ1) is 13.5. The SMILES string of the molecule is COc1ccc(Cl)cc1NC(=O)N1CC(C(=O)NC2CC2)C2(CCOCC2)C1. The highest BCUT2D eigenvalue weighted by atomic mass is 35.5. The van der Waals surface area contributed by atoms with Crippen molar-refractivity contribution in [1.29, 1.82) is 0 Å². The molecular weight excluding hydrogens is 382 g/mol. The van der Waals surface area contributed by atoms with E-state index in [2.05, 4.69) is 10.6 Å². The Morgan fingerprint density at radius 2 is 2.04 bits per heavy atom. The van der Waals surface area contributed by atoms with Gasteiger partial charge in [-0.25, -0.2) is 4.79 Å². The van der Waals surface area contributed by atoms with E-state index in [1.807, 2.05) is 0 Å². The van der Waals surface area contributed by atoms with Crippen LogP contribution in [-0.2, 0) is 9.53 Å². The molecule has 0 aromatic heterocycles. The smallest absolute Gasteiger partial charge is 0.321 e. The molecule has 1 aromatic carbocycles. The molecule has 1 aromatic rings. The second-order valence-electron chi connectivity index (χ2n) is 7.97. The average molecular weight is 408 g/mol. The number of ether oxygens (including phenoxy) is 2. The van der Waals surface area contributed by atoms with Crippen LogP contribution in [0.15, 0.2) is 18.2 Å². The molecule has 3 amide bonds. The summed E-state index contributed by atoms with van der Waals surface area (Å²) in [6.45, 7) is 2.22. The van der Waals surface area contributed by atoms with Gasteiger partial charge in [0.05, 0.1) is 18.7 Å². The molecule has 1 saturated carbocycles. The molecule has 2 saturated heterocycles. The van der Waals surface area contributed by atoms with Crippen molar-refractivity contribution < 1.29 is 19.1 Å². The number of rotatable bonds is 4. The van der Waals surface area contributed by atoms with Crippen molar-refractivity contribution in [3.8, 4) is 5.75 Å². The van der Waals surface area contributed by atoms with Gasteiger partial charge < -0.3 is 25.0 Å². The number of anilines is 1. The molecule has 0 bridgehead atoms. The number of amides is 3. The highest BCUT2D eigenvalue weighted by Crippen LogP contribution is 2.45. The second-order valence-corrected chi connectivity index (χ2v) is 8.40. The summed E-state index contributed by atoms with van der Waals surface area (Å²) in [5.41, 5.74) is 0.305. The maximum absolute atomic E-state index is 13.0. The Bertz CT molecular complexity index is 762. The molecule has 3 aliphatic rings. The van der Waals surface area contributed by atoms with Crippen LogP contribution >= 0.6 is 11.6 Å². The quantitative estimate of drug-likeness (QED) is 0.804. The van der Waals surface area contributed by atoms with E-state index in [1.54, 1.807) is 30.2 Å². The highest BCUT2D eigenvalue weighted by molar-refractivity contribution is 6.31. The third kappa shape index (κ3) is 3.91. The number of hydrogen-bond donors (Lipinski definition) is 2. The summed E-state index contributed by atoms with van der Waals surface area (Å²) >= 11 is 6.07. The van der Waals surface area contributed by atoms with Crippen LogP contribution < -0.4 is 15.4 Å². The van der Waals surface area contributed by atoms with Gasteiger partial charge in [-0.1, -0.05) is 11.6 Å². The molecule has 1 atom stereocenters. The van der Waals surface area contributed by atoms with Gasteiger partial charge in [0.1, 0.15) is 5.75 Å². The van der Waals surface area contributed by atoms with Gasteiger partial charge in [0.15, 0.2) is 0 Å².